The van der Waals surface area contributed by atoms with Gasteiger partial charge in [0, 0.05) is 30.7 Å². The molecule has 0 saturated carbocycles. The molecule has 3 aromatic rings. The van der Waals surface area contributed by atoms with Gasteiger partial charge in [-0.2, -0.15) is 0 Å². The Morgan fingerprint density at radius 1 is 0.872 bits per heavy atom. The summed E-state index contributed by atoms with van der Waals surface area (Å²) >= 11 is 0. The Bertz CT molecular complexity index is 1640. The van der Waals surface area contributed by atoms with Crippen LogP contribution in [0.15, 0.2) is 77.8 Å². The number of terminal acetylenes is 1. The number of likely N-dealkylation sites (tertiary alicyclic amines) is 1. The monoisotopic (exact) mass is 638 g/mol. The quantitative estimate of drug-likeness (QED) is 0.184. The standard InChI is InChI=1S/C39H46N2O6/c1-8-34(43-4)35(44-5)24-28-17-19-40(2)30(22-28)21-26-11-15-32(16-12-26)47-39-37-29(25-36(45-6)38(39)46-7)18-20-41(3)33(37)23-27-9-13-31(42)14-10-27/h1,9-16,24-25,30,33,42H,17-23H2,2-7H3/b28-24-,35-34-/t30-,33-/m1/s1. The highest BCUT2D eigenvalue weighted by Crippen LogP contribution is 2.49. The van der Waals surface area contributed by atoms with E-state index in [1.54, 1.807) is 40.6 Å². The van der Waals surface area contributed by atoms with Gasteiger partial charge in [0.25, 0.3) is 0 Å². The fourth-order valence-corrected chi connectivity index (χ4v) is 6.63. The zero-order valence-electron chi connectivity index (χ0n) is 28.3. The molecule has 8 heteroatoms. The molecule has 1 saturated heterocycles. The number of piperidine rings is 1. The third-order valence-electron chi connectivity index (χ3n) is 9.35. The molecule has 248 valence electrons. The molecule has 0 unspecified atom stereocenters. The normalized spacial score (nSPS) is 19.7. The van der Waals surface area contributed by atoms with Gasteiger partial charge >= 0.3 is 0 Å². The summed E-state index contributed by atoms with van der Waals surface area (Å²) in [4.78, 5) is 4.77. The van der Waals surface area contributed by atoms with Crippen LogP contribution in [0.2, 0.25) is 0 Å². The van der Waals surface area contributed by atoms with E-state index in [0.29, 0.717) is 34.8 Å². The first-order valence-electron chi connectivity index (χ1n) is 16.0. The van der Waals surface area contributed by atoms with Crippen LogP contribution in [0.25, 0.3) is 0 Å². The van der Waals surface area contributed by atoms with Gasteiger partial charge in [0.2, 0.25) is 11.5 Å². The van der Waals surface area contributed by atoms with Gasteiger partial charge in [0.15, 0.2) is 17.3 Å². The molecule has 5 rings (SSSR count). The minimum atomic E-state index is 0.0514. The van der Waals surface area contributed by atoms with Crippen LogP contribution in [-0.4, -0.2) is 76.6 Å². The summed E-state index contributed by atoms with van der Waals surface area (Å²) < 4.78 is 29.3. The Morgan fingerprint density at radius 3 is 2.19 bits per heavy atom. The molecule has 0 aliphatic carbocycles. The highest BCUT2D eigenvalue weighted by Gasteiger charge is 2.33. The van der Waals surface area contributed by atoms with Crippen molar-refractivity contribution in [1.82, 2.24) is 9.80 Å². The second-order valence-electron chi connectivity index (χ2n) is 12.2. The number of phenolic OH excluding ortho intramolecular Hbond substituents is 1. The first kappa shape index (κ1) is 33.8. The first-order chi connectivity index (χ1) is 22.8. The Hall–Kier alpha value is -4.58. The van der Waals surface area contributed by atoms with Crippen molar-refractivity contribution in [2.24, 2.45) is 0 Å². The van der Waals surface area contributed by atoms with Gasteiger partial charge < -0.3 is 33.7 Å². The van der Waals surface area contributed by atoms with Crippen molar-refractivity contribution in [3.8, 4) is 41.1 Å². The van der Waals surface area contributed by atoms with Gasteiger partial charge in [-0.05, 0) is 105 Å². The second kappa shape index (κ2) is 15.3. The van der Waals surface area contributed by atoms with Crippen molar-refractivity contribution in [2.75, 3.05) is 55.6 Å². The van der Waals surface area contributed by atoms with E-state index in [4.69, 9.17) is 30.1 Å². The summed E-state index contributed by atoms with van der Waals surface area (Å²) in [6, 6.07) is 18.2. The molecule has 47 heavy (non-hydrogen) atoms. The Morgan fingerprint density at radius 2 is 1.55 bits per heavy atom. The summed E-state index contributed by atoms with van der Waals surface area (Å²) in [5.74, 6) is 6.45. The topological polar surface area (TPSA) is 72.9 Å². The lowest BCUT2D eigenvalue weighted by molar-refractivity contribution is 0.212. The Labute approximate surface area is 279 Å². The number of aromatic hydroxyl groups is 1. The molecule has 2 heterocycles. The van der Waals surface area contributed by atoms with Gasteiger partial charge in [-0.1, -0.05) is 29.8 Å². The van der Waals surface area contributed by atoms with Crippen LogP contribution in [0.4, 0.5) is 0 Å². The smallest absolute Gasteiger partial charge is 0.212 e. The average Bonchev–Trinajstić information content (AvgIpc) is 3.08. The number of ether oxygens (including phenoxy) is 5. The number of allylic oxidation sites excluding steroid dienone is 2. The average molecular weight is 639 g/mol. The molecule has 0 radical (unpaired) electrons. The van der Waals surface area contributed by atoms with Gasteiger partial charge in [0.05, 0.1) is 28.4 Å². The molecule has 1 fully saturated rings. The van der Waals surface area contributed by atoms with E-state index >= 15 is 0 Å². The molecule has 2 aliphatic rings. The molecule has 3 aromatic carbocycles. The van der Waals surface area contributed by atoms with Crippen molar-refractivity contribution < 1.29 is 28.8 Å². The molecular formula is C39H46N2O6. The van der Waals surface area contributed by atoms with E-state index in [2.05, 4.69) is 48.0 Å². The fraction of sp³-hybridized carbons (Fsp3) is 0.385. The predicted molar refractivity (Wildman–Crippen MR) is 184 cm³/mol. The number of rotatable bonds is 11. The first-order valence-corrected chi connectivity index (χ1v) is 16.0. The van der Waals surface area contributed by atoms with E-state index in [1.165, 1.54) is 16.7 Å². The largest absolute Gasteiger partial charge is 0.508 e. The number of benzene rings is 3. The summed E-state index contributed by atoms with van der Waals surface area (Å²) in [5.41, 5.74) is 5.93. The fourth-order valence-electron chi connectivity index (χ4n) is 6.63. The van der Waals surface area contributed by atoms with Crippen molar-refractivity contribution >= 4 is 0 Å². The van der Waals surface area contributed by atoms with Gasteiger partial charge in [0.1, 0.15) is 11.5 Å². The molecular weight excluding hydrogens is 592 g/mol. The number of nitrogens with zero attached hydrogens (tertiary/aromatic N) is 2. The van der Waals surface area contributed by atoms with E-state index in [-0.39, 0.29) is 11.8 Å². The number of hydrogen-bond donors (Lipinski definition) is 1. The van der Waals surface area contributed by atoms with Crippen molar-refractivity contribution in [3.63, 3.8) is 0 Å². The zero-order valence-corrected chi connectivity index (χ0v) is 28.3. The predicted octanol–water partition coefficient (Wildman–Crippen LogP) is 6.67. The molecule has 0 spiro atoms. The summed E-state index contributed by atoms with van der Waals surface area (Å²) in [6.45, 7) is 1.86. The van der Waals surface area contributed by atoms with Crippen LogP contribution < -0.4 is 14.2 Å². The summed E-state index contributed by atoms with van der Waals surface area (Å²) in [7, 11) is 10.8. The van der Waals surface area contributed by atoms with E-state index < -0.39 is 0 Å². The molecule has 2 aliphatic heterocycles. The summed E-state index contributed by atoms with van der Waals surface area (Å²) in [6.07, 6.45) is 12.0. The van der Waals surface area contributed by atoms with Gasteiger partial charge in [-0.15, -0.1) is 6.42 Å². The highest BCUT2D eigenvalue weighted by molar-refractivity contribution is 5.62. The lowest BCUT2D eigenvalue weighted by Gasteiger charge is -2.36. The van der Waals surface area contributed by atoms with Gasteiger partial charge in [-0.3, -0.25) is 4.90 Å². The van der Waals surface area contributed by atoms with Crippen molar-refractivity contribution in [3.05, 3.63) is 100 Å². The maximum absolute atomic E-state index is 9.84. The Balaban J connectivity index is 1.40. The highest BCUT2D eigenvalue weighted by atomic mass is 16.5. The molecule has 0 amide bonds. The maximum atomic E-state index is 9.84. The van der Waals surface area contributed by atoms with Gasteiger partial charge in [-0.25, -0.2) is 0 Å². The SMILES string of the molecule is C#C/C(OC)=C(\C=C1\CCN(C)[C@H](Cc2ccc(Oc3c(OC)c(OC)cc4c3[C@@H](Cc3ccc(O)cc3)N(C)CC4)cc2)C1)OC. The van der Waals surface area contributed by atoms with Crippen LogP contribution in [-0.2, 0) is 28.7 Å². The van der Waals surface area contributed by atoms with E-state index in [9.17, 15) is 5.11 Å². The summed E-state index contributed by atoms with van der Waals surface area (Å²) in [5, 5.41) is 9.84. The molecule has 0 bridgehead atoms. The van der Waals surface area contributed by atoms with Crippen molar-refractivity contribution in [2.45, 2.75) is 44.2 Å². The minimum Gasteiger partial charge on any atom is -0.508 e. The lowest BCUT2D eigenvalue weighted by atomic mass is 9.87. The Kier molecular flexibility index (Phi) is 11.0. The number of likely N-dealkylation sites (N-methyl/N-ethyl adjacent to an activating group) is 2. The maximum Gasteiger partial charge on any atom is 0.212 e. The number of hydrogen-bond acceptors (Lipinski definition) is 8. The number of fused-ring (bicyclic) bond motifs is 1. The second-order valence-corrected chi connectivity index (χ2v) is 12.2. The molecule has 1 N–H and O–H groups in total. The van der Waals surface area contributed by atoms with Crippen LogP contribution in [0.5, 0.6) is 28.7 Å². The molecule has 8 nitrogen and oxygen atoms in total. The van der Waals surface area contributed by atoms with Crippen molar-refractivity contribution in [1.29, 1.82) is 0 Å². The van der Waals surface area contributed by atoms with E-state index in [1.807, 2.05) is 30.3 Å². The minimum absolute atomic E-state index is 0.0514. The number of phenols is 1. The van der Waals surface area contributed by atoms with E-state index in [0.717, 1.165) is 62.1 Å². The van der Waals surface area contributed by atoms with Crippen LogP contribution in [0.3, 0.4) is 0 Å². The number of methoxy groups -OCH3 is 4. The lowest BCUT2D eigenvalue weighted by Crippen LogP contribution is -2.38. The van der Waals surface area contributed by atoms with Crippen LogP contribution in [0, 0.1) is 12.3 Å². The third-order valence-corrected chi connectivity index (χ3v) is 9.35. The van der Waals surface area contributed by atoms with Crippen LogP contribution in [0.1, 0.15) is 41.1 Å². The molecule has 2 atom stereocenters. The molecule has 0 aromatic heterocycles. The van der Waals surface area contributed by atoms with Crippen LogP contribution >= 0.6 is 0 Å². The zero-order chi connectivity index (χ0) is 33.5. The third kappa shape index (κ3) is 7.70.